The van der Waals surface area contributed by atoms with Crippen LogP contribution in [0.3, 0.4) is 0 Å². The summed E-state index contributed by atoms with van der Waals surface area (Å²) in [5, 5.41) is 0.458. The number of anilines is 1. The molecular formula is C16H14Cl2N2O2. The topological polar surface area (TPSA) is 42.4 Å². The van der Waals surface area contributed by atoms with E-state index in [1.807, 2.05) is 18.2 Å². The van der Waals surface area contributed by atoms with Gasteiger partial charge in [0.05, 0.1) is 23.4 Å². The molecule has 1 aliphatic heterocycles. The molecule has 0 bridgehead atoms. The summed E-state index contributed by atoms with van der Waals surface area (Å²) in [6, 6.07) is 7.36. The van der Waals surface area contributed by atoms with E-state index in [-0.39, 0.29) is 16.1 Å². The van der Waals surface area contributed by atoms with E-state index in [0.717, 1.165) is 24.1 Å². The minimum absolute atomic E-state index is 0.156. The van der Waals surface area contributed by atoms with Crippen molar-refractivity contribution < 1.29 is 9.53 Å². The average molecular weight is 337 g/mol. The van der Waals surface area contributed by atoms with E-state index in [4.69, 9.17) is 27.9 Å². The van der Waals surface area contributed by atoms with Gasteiger partial charge in [-0.05, 0) is 30.5 Å². The lowest BCUT2D eigenvalue weighted by atomic mass is 10.00. The SMILES string of the molecule is COc1cccc2c1N(C(=O)c1cnc(Cl)c(Cl)c1)CCC2. The van der Waals surface area contributed by atoms with E-state index in [1.165, 1.54) is 6.20 Å². The predicted octanol–water partition coefficient (Wildman–Crippen LogP) is 3.99. The molecule has 6 heteroatoms. The van der Waals surface area contributed by atoms with Crippen LogP contribution >= 0.6 is 23.2 Å². The molecular weight excluding hydrogens is 323 g/mol. The summed E-state index contributed by atoms with van der Waals surface area (Å²) < 4.78 is 5.42. The highest BCUT2D eigenvalue weighted by Gasteiger charge is 2.27. The first-order valence-corrected chi connectivity index (χ1v) is 7.66. The molecule has 2 aromatic rings. The first-order valence-electron chi connectivity index (χ1n) is 6.90. The van der Waals surface area contributed by atoms with Crippen molar-refractivity contribution in [3.63, 3.8) is 0 Å². The predicted molar refractivity (Wildman–Crippen MR) is 87.2 cm³/mol. The van der Waals surface area contributed by atoms with Gasteiger partial charge in [0.2, 0.25) is 0 Å². The van der Waals surface area contributed by atoms with E-state index < -0.39 is 0 Å². The molecule has 0 fully saturated rings. The van der Waals surface area contributed by atoms with Crippen molar-refractivity contribution in [2.75, 3.05) is 18.6 Å². The highest BCUT2D eigenvalue weighted by Crippen LogP contribution is 2.37. The molecule has 114 valence electrons. The molecule has 1 aromatic carbocycles. The number of hydrogen-bond donors (Lipinski definition) is 0. The van der Waals surface area contributed by atoms with Crippen LogP contribution in [0.2, 0.25) is 10.2 Å². The number of aromatic nitrogens is 1. The second-order valence-corrected chi connectivity index (χ2v) is 5.79. The van der Waals surface area contributed by atoms with Crippen molar-refractivity contribution in [2.45, 2.75) is 12.8 Å². The molecule has 0 spiro atoms. The summed E-state index contributed by atoms with van der Waals surface area (Å²) in [6.07, 6.45) is 3.27. The normalized spacial score (nSPS) is 13.7. The summed E-state index contributed by atoms with van der Waals surface area (Å²) in [7, 11) is 1.60. The van der Waals surface area contributed by atoms with Gasteiger partial charge in [0, 0.05) is 12.7 Å². The van der Waals surface area contributed by atoms with Crippen molar-refractivity contribution in [3.05, 3.63) is 51.8 Å². The second-order valence-electron chi connectivity index (χ2n) is 5.02. The van der Waals surface area contributed by atoms with Crippen LogP contribution in [-0.2, 0) is 6.42 Å². The second kappa shape index (κ2) is 6.15. The molecule has 1 amide bonds. The fourth-order valence-electron chi connectivity index (χ4n) is 2.68. The Hall–Kier alpha value is -1.78. The minimum Gasteiger partial charge on any atom is -0.495 e. The largest absolute Gasteiger partial charge is 0.495 e. The van der Waals surface area contributed by atoms with Gasteiger partial charge in [-0.3, -0.25) is 4.79 Å². The van der Waals surface area contributed by atoms with Crippen LogP contribution in [0.15, 0.2) is 30.5 Å². The van der Waals surface area contributed by atoms with E-state index in [9.17, 15) is 4.79 Å². The maximum atomic E-state index is 12.8. The van der Waals surface area contributed by atoms with Gasteiger partial charge in [-0.2, -0.15) is 0 Å². The molecule has 22 heavy (non-hydrogen) atoms. The van der Waals surface area contributed by atoms with Gasteiger partial charge in [0.15, 0.2) is 0 Å². The summed E-state index contributed by atoms with van der Waals surface area (Å²) in [5.74, 6) is 0.537. The molecule has 0 aliphatic carbocycles. The molecule has 2 heterocycles. The first-order chi connectivity index (χ1) is 10.6. The van der Waals surface area contributed by atoms with Crippen LogP contribution in [0, 0.1) is 0 Å². The van der Waals surface area contributed by atoms with Gasteiger partial charge in [-0.25, -0.2) is 4.98 Å². The first kappa shape index (κ1) is 15.1. The van der Waals surface area contributed by atoms with Crippen molar-refractivity contribution in [2.24, 2.45) is 0 Å². The fourth-order valence-corrected chi connectivity index (χ4v) is 2.95. The van der Waals surface area contributed by atoms with Crippen molar-refractivity contribution in [1.29, 1.82) is 0 Å². The quantitative estimate of drug-likeness (QED) is 0.778. The lowest BCUT2D eigenvalue weighted by Crippen LogP contribution is -2.35. The Morgan fingerprint density at radius 1 is 1.36 bits per heavy atom. The Labute approximate surface area is 138 Å². The molecule has 0 saturated carbocycles. The number of hydrogen-bond acceptors (Lipinski definition) is 3. The van der Waals surface area contributed by atoms with E-state index >= 15 is 0 Å². The minimum atomic E-state index is -0.156. The highest BCUT2D eigenvalue weighted by molar-refractivity contribution is 6.41. The molecule has 1 aliphatic rings. The maximum Gasteiger partial charge on any atom is 0.260 e. The van der Waals surface area contributed by atoms with Gasteiger partial charge >= 0.3 is 0 Å². The van der Waals surface area contributed by atoms with Crippen LogP contribution < -0.4 is 9.64 Å². The number of ether oxygens (including phenoxy) is 1. The van der Waals surface area contributed by atoms with E-state index in [2.05, 4.69) is 4.98 Å². The van der Waals surface area contributed by atoms with Crippen LogP contribution in [0.1, 0.15) is 22.3 Å². The van der Waals surface area contributed by atoms with Gasteiger partial charge in [0.1, 0.15) is 10.9 Å². The molecule has 0 unspecified atom stereocenters. The molecule has 1 aromatic heterocycles. The third-order valence-electron chi connectivity index (χ3n) is 3.69. The summed E-state index contributed by atoms with van der Waals surface area (Å²) >= 11 is 11.8. The number of fused-ring (bicyclic) bond motifs is 1. The number of methoxy groups -OCH3 is 1. The zero-order valence-electron chi connectivity index (χ0n) is 12.0. The van der Waals surface area contributed by atoms with Gasteiger partial charge < -0.3 is 9.64 Å². The van der Waals surface area contributed by atoms with Gasteiger partial charge in [-0.1, -0.05) is 35.3 Å². The number of pyridine rings is 1. The van der Waals surface area contributed by atoms with Crippen LogP contribution in [0.5, 0.6) is 5.75 Å². The smallest absolute Gasteiger partial charge is 0.260 e. The monoisotopic (exact) mass is 336 g/mol. The number of benzene rings is 1. The number of amides is 1. The number of rotatable bonds is 2. The van der Waals surface area contributed by atoms with E-state index in [1.54, 1.807) is 18.1 Å². The highest BCUT2D eigenvalue weighted by atomic mass is 35.5. The van der Waals surface area contributed by atoms with Crippen molar-refractivity contribution in [3.8, 4) is 5.75 Å². The lowest BCUT2D eigenvalue weighted by Gasteiger charge is -2.31. The molecule has 0 saturated heterocycles. The number of nitrogens with zero attached hydrogens (tertiary/aromatic N) is 2. The number of halogens is 2. The van der Waals surface area contributed by atoms with Crippen LogP contribution in [0.4, 0.5) is 5.69 Å². The Bertz CT molecular complexity index is 720. The van der Waals surface area contributed by atoms with Crippen molar-refractivity contribution in [1.82, 2.24) is 4.98 Å². The summed E-state index contributed by atoms with van der Waals surface area (Å²) in [6.45, 7) is 0.631. The molecule has 0 N–H and O–H groups in total. The molecule has 4 nitrogen and oxygen atoms in total. The average Bonchev–Trinajstić information content (AvgIpc) is 2.55. The Balaban J connectivity index is 2.03. The zero-order valence-corrected chi connectivity index (χ0v) is 13.5. The van der Waals surface area contributed by atoms with Gasteiger partial charge in [0.25, 0.3) is 5.91 Å². The Morgan fingerprint density at radius 2 is 2.18 bits per heavy atom. The number of aryl methyl sites for hydroxylation is 1. The van der Waals surface area contributed by atoms with E-state index in [0.29, 0.717) is 17.9 Å². The van der Waals surface area contributed by atoms with Gasteiger partial charge in [-0.15, -0.1) is 0 Å². The zero-order chi connectivity index (χ0) is 15.7. The number of carbonyl (C=O) groups excluding carboxylic acids is 1. The maximum absolute atomic E-state index is 12.8. The standard InChI is InChI=1S/C16H14Cl2N2O2/c1-22-13-6-2-4-10-5-3-7-20(14(10)13)16(21)11-8-12(17)15(18)19-9-11/h2,4,6,8-9H,3,5,7H2,1H3. The third kappa shape index (κ3) is 2.64. The lowest BCUT2D eigenvalue weighted by molar-refractivity contribution is 0.0984. The fraction of sp³-hybridized carbons (Fsp3) is 0.250. The third-order valence-corrected chi connectivity index (χ3v) is 4.37. The van der Waals surface area contributed by atoms with Crippen molar-refractivity contribution >= 4 is 34.8 Å². The molecule has 0 atom stereocenters. The molecule has 3 rings (SSSR count). The summed E-state index contributed by atoms with van der Waals surface area (Å²) in [4.78, 5) is 18.5. The number of para-hydroxylation sites is 1. The molecule has 0 radical (unpaired) electrons. The Kier molecular flexibility index (Phi) is 4.23. The number of carbonyl (C=O) groups is 1. The Morgan fingerprint density at radius 3 is 2.91 bits per heavy atom. The van der Waals surface area contributed by atoms with Crippen LogP contribution in [0.25, 0.3) is 0 Å². The summed E-state index contributed by atoms with van der Waals surface area (Å²) in [5.41, 5.74) is 2.34. The van der Waals surface area contributed by atoms with Crippen LogP contribution in [-0.4, -0.2) is 24.5 Å².